The highest BCUT2D eigenvalue weighted by atomic mass is 16.7. The van der Waals surface area contributed by atoms with Gasteiger partial charge < -0.3 is 19.1 Å². The average Bonchev–Trinajstić information content (AvgIpc) is 2.95. The maximum absolute atomic E-state index is 12.7. The summed E-state index contributed by atoms with van der Waals surface area (Å²) in [6.07, 6.45) is -2.01. The first kappa shape index (κ1) is 44.2. The van der Waals surface area contributed by atoms with Crippen LogP contribution in [0.1, 0.15) is 109 Å². The zero-order valence-corrected chi connectivity index (χ0v) is 33.1. The van der Waals surface area contributed by atoms with E-state index in [1.54, 1.807) is 50.2 Å². The molecule has 272 valence electrons. The molecule has 1 aromatic carbocycles. The van der Waals surface area contributed by atoms with Crippen molar-refractivity contribution < 1.29 is 28.6 Å². The van der Waals surface area contributed by atoms with E-state index in [4.69, 9.17) is 14.2 Å². The van der Waals surface area contributed by atoms with Gasteiger partial charge in [0, 0.05) is 44.3 Å². The second kappa shape index (κ2) is 18.7. The second-order valence-electron chi connectivity index (χ2n) is 16.7. The Balaban J connectivity index is 0.00000181. The van der Waals surface area contributed by atoms with Gasteiger partial charge in [-0.2, -0.15) is 0 Å². The molecule has 0 heterocycles. The molecule has 2 amide bonds. The summed E-state index contributed by atoms with van der Waals surface area (Å²) in [5.41, 5.74) is 2.29. The molecule has 1 aromatic rings. The monoisotopic (exact) mass is 664 g/mol. The maximum atomic E-state index is 12.7. The van der Waals surface area contributed by atoms with E-state index in [9.17, 15) is 14.4 Å². The van der Waals surface area contributed by atoms with Gasteiger partial charge in [0.15, 0.2) is 0 Å². The zero-order chi connectivity index (χ0) is 37.1. The van der Waals surface area contributed by atoms with Crippen LogP contribution in [0.4, 0.5) is 15.3 Å². The summed E-state index contributed by atoms with van der Waals surface area (Å²) in [4.78, 5) is 42.5. The average molecular weight is 664 g/mol. The van der Waals surface area contributed by atoms with Gasteiger partial charge in [0.2, 0.25) is 0 Å². The number of hydrogen-bond acceptors (Lipinski definition) is 7. The first-order valence-corrected chi connectivity index (χ1v) is 17.0. The highest BCUT2D eigenvalue weighted by Gasteiger charge is 2.30. The fourth-order valence-corrected chi connectivity index (χ4v) is 4.17. The van der Waals surface area contributed by atoms with Gasteiger partial charge in [0.1, 0.15) is 6.61 Å². The maximum Gasteiger partial charge on any atom is 0.417 e. The molecule has 0 aliphatic rings. The molecular weight excluding hydrogens is 594 g/mol. The zero-order valence-electron chi connectivity index (χ0n) is 33.1. The largest absolute Gasteiger partial charge is 0.445 e. The minimum atomic E-state index is -0.984. The minimum absolute atomic E-state index is 0.0263. The molecule has 0 saturated carbocycles. The molecule has 0 bridgehead atoms. The van der Waals surface area contributed by atoms with Gasteiger partial charge in [0.05, 0.1) is 5.92 Å². The van der Waals surface area contributed by atoms with Crippen molar-refractivity contribution in [2.24, 2.45) is 34.5 Å². The van der Waals surface area contributed by atoms with Crippen molar-refractivity contribution in [2.75, 3.05) is 39.1 Å². The first-order valence-electron chi connectivity index (χ1n) is 17.0. The van der Waals surface area contributed by atoms with E-state index in [0.29, 0.717) is 23.1 Å². The summed E-state index contributed by atoms with van der Waals surface area (Å²) in [5, 5.41) is 0. The molecular formula is C38H69N3O6. The van der Waals surface area contributed by atoms with E-state index in [0.717, 1.165) is 18.0 Å². The second-order valence-corrected chi connectivity index (χ2v) is 16.7. The predicted molar refractivity (Wildman–Crippen MR) is 193 cm³/mol. The first-order chi connectivity index (χ1) is 21.2. The van der Waals surface area contributed by atoms with Crippen LogP contribution in [0.5, 0.6) is 0 Å². The molecule has 1 rings (SSSR count). The highest BCUT2D eigenvalue weighted by molar-refractivity contribution is 5.87. The molecule has 1 unspecified atom stereocenters. The van der Waals surface area contributed by atoms with Crippen LogP contribution in [0.2, 0.25) is 0 Å². The molecule has 0 aliphatic heterocycles. The van der Waals surface area contributed by atoms with Crippen LogP contribution in [0, 0.1) is 34.5 Å². The van der Waals surface area contributed by atoms with Gasteiger partial charge in [-0.1, -0.05) is 95.2 Å². The van der Waals surface area contributed by atoms with Gasteiger partial charge in [-0.05, 0) is 68.2 Å². The number of esters is 1. The van der Waals surface area contributed by atoms with Crippen LogP contribution in [0.15, 0.2) is 24.3 Å². The summed E-state index contributed by atoms with van der Waals surface area (Å²) in [6, 6.07) is 7.04. The van der Waals surface area contributed by atoms with E-state index in [2.05, 4.69) is 74.1 Å². The molecule has 0 N–H and O–H groups in total. The van der Waals surface area contributed by atoms with E-state index in [-0.39, 0.29) is 29.9 Å². The Labute approximate surface area is 287 Å². The predicted octanol–water partition coefficient (Wildman–Crippen LogP) is 9.09. The Hall–Kier alpha value is -2.81. The lowest BCUT2D eigenvalue weighted by Crippen LogP contribution is -2.43. The molecule has 2 atom stereocenters. The van der Waals surface area contributed by atoms with Crippen molar-refractivity contribution in [3.63, 3.8) is 0 Å². The molecule has 9 heteroatoms. The molecule has 47 heavy (non-hydrogen) atoms. The van der Waals surface area contributed by atoms with Crippen molar-refractivity contribution in [1.82, 2.24) is 9.80 Å². The van der Waals surface area contributed by atoms with Gasteiger partial charge in [-0.3, -0.25) is 14.6 Å². The third kappa shape index (κ3) is 16.2. The van der Waals surface area contributed by atoms with Gasteiger partial charge in [-0.25, -0.2) is 9.59 Å². The fraction of sp³-hybridized carbons (Fsp3) is 0.763. The summed E-state index contributed by atoms with van der Waals surface area (Å²) in [7, 11) is 5.32. The number of anilines is 1. The van der Waals surface area contributed by atoms with Crippen molar-refractivity contribution in [2.45, 2.75) is 122 Å². The normalized spacial score (nSPS) is 13.6. The standard InChI is InChI=1S/C28H47N3O6.C10H22/c1-19(2)21(5)24(32)36-25(20(3)4)37-27(34)31(11)23-14-12-22(13-15-23)18-35-26(33)29(9)16-17-30(10)28(6,7)8;1-8(9(2,3)4)10(5,6)7/h12-15,19-21,25H,16-18H2,1-11H3;8H,1-7H3/t21-,25?;/m0./s1. The Morgan fingerprint density at radius 2 is 1.17 bits per heavy atom. The number of hydrogen-bond donors (Lipinski definition) is 0. The van der Waals surface area contributed by atoms with Crippen LogP contribution in [0.25, 0.3) is 0 Å². The van der Waals surface area contributed by atoms with Crippen LogP contribution < -0.4 is 4.90 Å². The number of likely N-dealkylation sites (N-methyl/N-ethyl adjacent to an activating group) is 2. The fourth-order valence-electron chi connectivity index (χ4n) is 4.17. The Kier molecular flexibility index (Phi) is 17.5. The summed E-state index contributed by atoms with van der Waals surface area (Å²) < 4.78 is 16.4. The SMILES string of the molecule is CC(C(C)(C)C)C(C)(C)C.CC(C)C(OC(=O)[C@@H](C)C(C)C)OC(=O)N(C)c1ccc(COC(=O)N(C)CCN(C)C(C)(C)C)cc1. The lowest BCUT2D eigenvalue weighted by atomic mass is 9.68. The number of benzene rings is 1. The number of nitrogens with zero attached hydrogens (tertiary/aromatic N) is 3. The summed E-state index contributed by atoms with van der Waals surface area (Å²) in [5.74, 6) is -0.0179. The van der Waals surface area contributed by atoms with E-state index in [1.165, 1.54) is 4.90 Å². The smallest absolute Gasteiger partial charge is 0.417 e. The lowest BCUT2D eigenvalue weighted by molar-refractivity contribution is -0.180. The number of carbonyl (C=O) groups is 3. The third-order valence-corrected chi connectivity index (χ3v) is 9.15. The number of rotatable bonds is 11. The van der Waals surface area contributed by atoms with Gasteiger partial charge in [0.25, 0.3) is 6.29 Å². The van der Waals surface area contributed by atoms with E-state index < -0.39 is 24.4 Å². The minimum Gasteiger partial charge on any atom is -0.445 e. The van der Waals surface area contributed by atoms with Crippen molar-refractivity contribution in [3.8, 4) is 0 Å². The Bertz CT molecular complexity index is 1080. The van der Waals surface area contributed by atoms with E-state index in [1.807, 2.05) is 34.7 Å². The van der Waals surface area contributed by atoms with Gasteiger partial charge in [-0.15, -0.1) is 0 Å². The molecule has 0 aliphatic carbocycles. The van der Waals surface area contributed by atoms with E-state index >= 15 is 0 Å². The lowest BCUT2D eigenvalue weighted by Gasteiger charge is -2.38. The molecule has 0 spiro atoms. The van der Waals surface area contributed by atoms with Crippen molar-refractivity contribution in [1.29, 1.82) is 0 Å². The highest BCUT2D eigenvalue weighted by Crippen LogP contribution is 2.39. The Morgan fingerprint density at radius 1 is 0.681 bits per heavy atom. The van der Waals surface area contributed by atoms with Crippen molar-refractivity contribution >= 4 is 23.8 Å². The molecule has 0 fully saturated rings. The number of carbonyl (C=O) groups excluding carboxylic acids is 3. The molecule has 0 aromatic heterocycles. The number of amides is 2. The molecule has 0 saturated heterocycles. The van der Waals surface area contributed by atoms with Crippen LogP contribution in [-0.2, 0) is 25.6 Å². The van der Waals surface area contributed by atoms with Crippen LogP contribution in [-0.4, -0.2) is 74.0 Å². The summed E-state index contributed by atoms with van der Waals surface area (Å²) >= 11 is 0. The topological polar surface area (TPSA) is 88.6 Å². The quantitative estimate of drug-likeness (QED) is 0.172. The molecule has 0 radical (unpaired) electrons. The van der Waals surface area contributed by atoms with Crippen LogP contribution in [0.3, 0.4) is 0 Å². The van der Waals surface area contributed by atoms with Gasteiger partial charge >= 0.3 is 18.2 Å². The third-order valence-electron chi connectivity index (χ3n) is 9.15. The molecule has 9 nitrogen and oxygen atoms in total. The Morgan fingerprint density at radius 3 is 1.55 bits per heavy atom. The summed E-state index contributed by atoms with van der Waals surface area (Å²) in [6.45, 7) is 33.3. The van der Waals surface area contributed by atoms with Crippen molar-refractivity contribution in [3.05, 3.63) is 29.8 Å². The van der Waals surface area contributed by atoms with Crippen LogP contribution >= 0.6 is 0 Å². The number of ether oxygens (including phenoxy) is 3.